The molecule has 12 heteroatoms. The molecule has 1 unspecified atom stereocenters. The van der Waals surface area contributed by atoms with E-state index in [0.717, 1.165) is 57.0 Å². The minimum absolute atomic E-state index is 0.347. The Morgan fingerprint density at radius 3 is 2.68 bits per heavy atom. The second-order valence-corrected chi connectivity index (χ2v) is 10.1. The third-order valence-electron chi connectivity index (χ3n) is 5.51. The van der Waals surface area contributed by atoms with Crippen LogP contribution in [0.15, 0.2) is 16.7 Å². The minimum atomic E-state index is -4.04. The summed E-state index contributed by atoms with van der Waals surface area (Å²) in [7, 11) is -1.53. The number of anilines is 2. The fraction of sp³-hybridized carbons (Fsp3) is 0.421. The SMILES string of the molecule is CN(C)S(=O)(=O)NC(=O)c1coc(N(C(=O)O)c2c3c(cc4c2C(Cl)CC4)CCC3)n1. The van der Waals surface area contributed by atoms with Crippen LogP contribution in [0.4, 0.5) is 16.5 Å². The normalized spacial score (nSPS) is 17.5. The quantitative estimate of drug-likeness (QED) is 0.644. The van der Waals surface area contributed by atoms with Gasteiger partial charge in [-0.3, -0.25) is 4.79 Å². The van der Waals surface area contributed by atoms with Crippen LogP contribution in [0.1, 0.15) is 51.0 Å². The third-order valence-corrected chi connectivity index (χ3v) is 7.35. The molecule has 1 aromatic carbocycles. The smallest absolute Gasteiger partial charge is 0.420 e. The van der Waals surface area contributed by atoms with Gasteiger partial charge in [0, 0.05) is 14.1 Å². The molecule has 0 saturated heterocycles. The van der Waals surface area contributed by atoms with Crippen molar-refractivity contribution in [2.24, 2.45) is 0 Å². The Morgan fingerprint density at radius 1 is 1.26 bits per heavy atom. The van der Waals surface area contributed by atoms with Crippen molar-refractivity contribution in [2.45, 2.75) is 37.5 Å². The molecule has 0 aliphatic heterocycles. The maximum atomic E-state index is 12.3. The lowest BCUT2D eigenvalue weighted by molar-refractivity contribution is 0.0974. The number of hydrogen-bond donors (Lipinski definition) is 2. The molecule has 31 heavy (non-hydrogen) atoms. The first-order valence-electron chi connectivity index (χ1n) is 9.65. The number of fused-ring (bicyclic) bond motifs is 2. The largest absolute Gasteiger partial charge is 0.464 e. The average Bonchev–Trinajstić information content (AvgIpc) is 3.41. The van der Waals surface area contributed by atoms with Crippen LogP contribution in [0.25, 0.3) is 0 Å². The topological polar surface area (TPSA) is 133 Å². The molecule has 1 atom stereocenters. The molecule has 2 aliphatic carbocycles. The lowest BCUT2D eigenvalue weighted by Gasteiger charge is -2.23. The lowest BCUT2D eigenvalue weighted by Crippen LogP contribution is -2.39. The molecule has 10 nitrogen and oxygen atoms in total. The minimum Gasteiger partial charge on any atom is -0.464 e. The Morgan fingerprint density at radius 2 is 2.00 bits per heavy atom. The Bertz CT molecular complexity index is 1180. The second kappa shape index (κ2) is 7.81. The number of aromatic nitrogens is 1. The van der Waals surface area contributed by atoms with E-state index in [1.54, 1.807) is 0 Å². The van der Waals surface area contributed by atoms with Crippen molar-refractivity contribution in [1.82, 2.24) is 14.0 Å². The predicted octanol–water partition coefficient (Wildman–Crippen LogP) is 2.74. The van der Waals surface area contributed by atoms with Gasteiger partial charge in [-0.15, -0.1) is 11.6 Å². The number of carboxylic acid groups (broad SMARTS) is 1. The molecule has 2 aliphatic rings. The van der Waals surface area contributed by atoms with Crippen molar-refractivity contribution in [1.29, 1.82) is 0 Å². The summed E-state index contributed by atoms with van der Waals surface area (Å²) in [6.07, 6.45) is 3.47. The number of nitrogens with zero attached hydrogens (tertiary/aromatic N) is 3. The summed E-state index contributed by atoms with van der Waals surface area (Å²) >= 11 is 6.54. The van der Waals surface area contributed by atoms with Crippen molar-refractivity contribution in [3.05, 3.63) is 40.3 Å². The summed E-state index contributed by atoms with van der Waals surface area (Å²) in [6.45, 7) is 0. The summed E-state index contributed by atoms with van der Waals surface area (Å²) < 4.78 is 31.8. The van der Waals surface area contributed by atoms with E-state index in [1.165, 1.54) is 14.1 Å². The van der Waals surface area contributed by atoms with Crippen LogP contribution >= 0.6 is 11.6 Å². The molecule has 2 aromatic rings. The highest BCUT2D eigenvalue weighted by Gasteiger charge is 2.36. The number of nitrogens with one attached hydrogen (secondary N) is 1. The van der Waals surface area contributed by atoms with Gasteiger partial charge in [0.25, 0.3) is 5.91 Å². The molecule has 0 saturated carbocycles. The number of hydrogen-bond acceptors (Lipinski definition) is 6. The van der Waals surface area contributed by atoms with Gasteiger partial charge in [-0.25, -0.2) is 9.52 Å². The third kappa shape index (κ3) is 3.77. The van der Waals surface area contributed by atoms with Crippen LogP contribution in [0.3, 0.4) is 0 Å². The zero-order valence-corrected chi connectivity index (χ0v) is 18.5. The zero-order chi connectivity index (χ0) is 22.5. The van der Waals surface area contributed by atoms with E-state index in [0.29, 0.717) is 18.5 Å². The van der Waals surface area contributed by atoms with Crippen molar-refractivity contribution < 1.29 is 27.5 Å². The van der Waals surface area contributed by atoms with Gasteiger partial charge in [0.05, 0.1) is 11.1 Å². The van der Waals surface area contributed by atoms with Crippen LogP contribution in [0, 0.1) is 0 Å². The van der Waals surface area contributed by atoms with Crippen molar-refractivity contribution in [3.8, 4) is 0 Å². The van der Waals surface area contributed by atoms with Gasteiger partial charge in [0.1, 0.15) is 6.26 Å². The zero-order valence-electron chi connectivity index (χ0n) is 16.9. The molecule has 0 bridgehead atoms. The number of alkyl halides is 1. The number of aryl methyl sites for hydroxylation is 2. The van der Waals surface area contributed by atoms with E-state index in [-0.39, 0.29) is 17.1 Å². The van der Waals surface area contributed by atoms with Gasteiger partial charge in [-0.2, -0.15) is 22.6 Å². The summed E-state index contributed by atoms with van der Waals surface area (Å²) in [5, 5.41) is 9.67. The first kappa shape index (κ1) is 21.6. The van der Waals surface area contributed by atoms with Gasteiger partial charge >= 0.3 is 22.3 Å². The molecule has 1 aromatic heterocycles. The summed E-state index contributed by atoms with van der Waals surface area (Å²) in [5.74, 6) is -1.03. The van der Waals surface area contributed by atoms with Crippen LogP contribution < -0.4 is 9.62 Å². The average molecular weight is 469 g/mol. The Hall–Kier alpha value is -2.63. The predicted molar refractivity (Wildman–Crippen MR) is 112 cm³/mol. The van der Waals surface area contributed by atoms with Crippen molar-refractivity contribution in [2.75, 3.05) is 19.0 Å². The molecule has 2 N–H and O–H groups in total. The number of rotatable bonds is 5. The number of amides is 2. The molecule has 4 rings (SSSR count). The van der Waals surface area contributed by atoms with E-state index in [4.69, 9.17) is 16.0 Å². The monoisotopic (exact) mass is 468 g/mol. The second-order valence-electron chi connectivity index (χ2n) is 7.65. The van der Waals surface area contributed by atoms with Crippen LogP contribution in [0.5, 0.6) is 0 Å². The number of carbonyl (C=O) groups excluding carboxylic acids is 1. The van der Waals surface area contributed by atoms with E-state index in [1.807, 2.05) is 4.72 Å². The maximum absolute atomic E-state index is 12.3. The molecular weight excluding hydrogens is 448 g/mol. The van der Waals surface area contributed by atoms with Gasteiger partial charge < -0.3 is 9.52 Å². The van der Waals surface area contributed by atoms with E-state index in [2.05, 4.69) is 11.1 Å². The number of carbonyl (C=O) groups is 2. The van der Waals surface area contributed by atoms with Gasteiger partial charge in [-0.05, 0) is 54.4 Å². The fourth-order valence-electron chi connectivity index (χ4n) is 4.04. The van der Waals surface area contributed by atoms with E-state index in [9.17, 15) is 23.1 Å². The first-order chi connectivity index (χ1) is 14.6. The molecular formula is C19H21ClN4O6S. The molecule has 1 heterocycles. The standard InChI is InChI=1S/C19H21ClN4O6S/c1-23(2)31(28,29)22-17(25)14-9-30-18(21-14)24(19(26)27)16-12-5-3-4-10(12)8-11-6-7-13(20)15(11)16/h8-9,13H,3-7H2,1-2H3,(H,22,25)(H,26,27). The Labute approximate surface area is 184 Å². The maximum Gasteiger partial charge on any atom is 0.420 e. The van der Waals surface area contributed by atoms with Gasteiger partial charge in [0.2, 0.25) is 0 Å². The molecule has 0 fully saturated rings. The van der Waals surface area contributed by atoms with Crippen LogP contribution in [-0.4, -0.2) is 48.9 Å². The highest BCUT2D eigenvalue weighted by Crippen LogP contribution is 2.48. The molecule has 0 spiro atoms. The summed E-state index contributed by atoms with van der Waals surface area (Å²) in [4.78, 5) is 29.5. The molecule has 166 valence electrons. The lowest BCUT2D eigenvalue weighted by atomic mass is 9.98. The van der Waals surface area contributed by atoms with Gasteiger partial charge in [-0.1, -0.05) is 6.07 Å². The summed E-state index contributed by atoms with van der Waals surface area (Å²) in [5.41, 5.74) is 3.77. The van der Waals surface area contributed by atoms with E-state index >= 15 is 0 Å². The van der Waals surface area contributed by atoms with Crippen molar-refractivity contribution in [3.63, 3.8) is 0 Å². The highest BCUT2D eigenvalue weighted by molar-refractivity contribution is 7.87. The Balaban J connectivity index is 1.77. The molecule has 0 radical (unpaired) electrons. The highest BCUT2D eigenvalue weighted by atomic mass is 35.5. The van der Waals surface area contributed by atoms with Crippen molar-refractivity contribution >= 4 is 45.5 Å². The first-order valence-corrected chi connectivity index (χ1v) is 11.5. The number of halogens is 1. The number of oxazole rings is 1. The Kier molecular flexibility index (Phi) is 5.44. The van der Waals surface area contributed by atoms with E-state index < -0.39 is 22.2 Å². The van der Waals surface area contributed by atoms with Crippen LogP contribution in [-0.2, 0) is 29.5 Å². The van der Waals surface area contributed by atoms with Crippen LogP contribution in [0.2, 0.25) is 0 Å². The fourth-order valence-corrected chi connectivity index (χ4v) is 4.92. The van der Waals surface area contributed by atoms with Gasteiger partial charge in [0.15, 0.2) is 5.69 Å². The molecule has 2 amide bonds. The number of benzene rings is 1. The summed E-state index contributed by atoms with van der Waals surface area (Å²) in [6, 6.07) is 1.75.